The molecule has 0 amide bonds. The number of aromatic nitrogens is 2. The van der Waals surface area contributed by atoms with Crippen LogP contribution >= 0.6 is 32.1 Å². The first-order chi connectivity index (χ1) is 5.68. The van der Waals surface area contributed by atoms with Crippen LogP contribution in [0.2, 0.25) is 0 Å². The van der Waals surface area contributed by atoms with Crippen molar-refractivity contribution in [1.29, 1.82) is 0 Å². The molecule has 12 heavy (non-hydrogen) atoms. The van der Waals surface area contributed by atoms with Gasteiger partial charge >= 0.3 is 0 Å². The van der Waals surface area contributed by atoms with Gasteiger partial charge in [0.1, 0.15) is 13.5 Å². The van der Waals surface area contributed by atoms with Crippen molar-refractivity contribution >= 4 is 61.8 Å². The van der Waals surface area contributed by atoms with Gasteiger partial charge in [-0.15, -0.1) is 9.24 Å². The Labute approximate surface area is 87.9 Å². The number of hydrogen-bond acceptors (Lipinski definition) is 1. The fourth-order valence-electron chi connectivity index (χ4n) is 1.23. The van der Waals surface area contributed by atoms with E-state index in [9.17, 15) is 0 Å². The smallest absolute Gasteiger partial charge is 0.148 e. The highest BCUT2D eigenvalue weighted by Crippen LogP contribution is 2.11. The molecule has 2 aromatic heterocycles. The Morgan fingerprint density at radius 1 is 1.58 bits per heavy atom. The van der Waals surface area contributed by atoms with E-state index in [1.807, 2.05) is 8.98 Å². The van der Waals surface area contributed by atoms with Crippen LogP contribution in [0.15, 0.2) is 18.5 Å². The lowest BCUT2D eigenvalue weighted by molar-refractivity contribution is 1.31. The standard InChI is InChI=1S/C7H7BIN2P/c8-6-3-11(9)7-5(6)1-4(12)2-10-7/h1-3H,8,12H2. The SMILES string of the molecule is Bc1cn(I)c2ncc(P)cc12. The largest absolute Gasteiger partial charge is 0.274 e. The fraction of sp³-hybridized carbons (Fsp3) is 0. The number of nitrogens with zero attached hydrogens (tertiary/aromatic N) is 2. The normalized spacial score (nSPS) is 10.8. The van der Waals surface area contributed by atoms with Crippen LogP contribution in [0.5, 0.6) is 0 Å². The molecular weight excluding hydrogens is 281 g/mol. The molecule has 0 spiro atoms. The molecule has 2 aromatic rings. The summed E-state index contributed by atoms with van der Waals surface area (Å²) >= 11 is 2.24. The van der Waals surface area contributed by atoms with Gasteiger partial charge in [0.2, 0.25) is 0 Å². The average Bonchev–Trinajstić information content (AvgIpc) is 2.28. The van der Waals surface area contributed by atoms with Crippen molar-refractivity contribution in [2.24, 2.45) is 0 Å². The summed E-state index contributed by atoms with van der Waals surface area (Å²) in [7, 11) is 4.76. The Bertz CT molecular complexity index is 440. The van der Waals surface area contributed by atoms with Gasteiger partial charge in [0.15, 0.2) is 0 Å². The van der Waals surface area contributed by atoms with Crippen molar-refractivity contribution in [3.8, 4) is 0 Å². The molecule has 0 aliphatic rings. The second kappa shape index (κ2) is 3.00. The van der Waals surface area contributed by atoms with Crippen LogP contribution in [-0.2, 0) is 0 Å². The molecule has 0 radical (unpaired) electrons. The van der Waals surface area contributed by atoms with Gasteiger partial charge in [-0.1, -0.05) is 5.46 Å². The Morgan fingerprint density at radius 3 is 3.08 bits per heavy atom. The van der Waals surface area contributed by atoms with Crippen molar-refractivity contribution in [3.63, 3.8) is 0 Å². The summed E-state index contributed by atoms with van der Waals surface area (Å²) in [4.78, 5) is 4.34. The number of fused-ring (bicyclic) bond motifs is 1. The van der Waals surface area contributed by atoms with Gasteiger partial charge in [0.25, 0.3) is 0 Å². The Kier molecular flexibility index (Phi) is 2.13. The third kappa shape index (κ3) is 1.27. The molecule has 2 nitrogen and oxygen atoms in total. The number of rotatable bonds is 0. The first-order valence-corrected chi connectivity index (χ1v) is 5.12. The minimum atomic E-state index is 1.04. The van der Waals surface area contributed by atoms with E-state index in [4.69, 9.17) is 0 Å². The lowest BCUT2D eigenvalue weighted by atomic mass is 9.97. The van der Waals surface area contributed by atoms with Crippen LogP contribution in [0.4, 0.5) is 0 Å². The number of halogens is 1. The highest BCUT2D eigenvalue weighted by atomic mass is 127. The van der Waals surface area contributed by atoms with Crippen molar-refractivity contribution in [2.45, 2.75) is 0 Å². The average molecular weight is 288 g/mol. The Hall–Kier alpha value is -0.0851. The van der Waals surface area contributed by atoms with Crippen LogP contribution in [0, 0.1) is 0 Å². The Balaban J connectivity index is 2.90. The Morgan fingerprint density at radius 2 is 2.33 bits per heavy atom. The number of hydrogen-bond donors (Lipinski definition) is 0. The van der Waals surface area contributed by atoms with Crippen LogP contribution in [0.1, 0.15) is 0 Å². The zero-order chi connectivity index (χ0) is 8.72. The van der Waals surface area contributed by atoms with Crippen molar-refractivity contribution in [2.75, 3.05) is 0 Å². The van der Waals surface area contributed by atoms with Gasteiger partial charge in [0, 0.05) is 17.8 Å². The van der Waals surface area contributed by atoms with Gasteiger partial charge in [-0.05, 0) is 11.4 Å². The van der Waals surface area contributed by atoms with E-state index in [0.29, 0.717) is 0 Å². The fourth-order valence-corrected chi connectivity index (χ4v) is 2.28. The van der Waals surface area contributed by atoms with E-state index in [1.165, 1.54) is 10.8 Å². The maximum absolute atomic E-state index is 4.34. The predicted molar refractivity (Wildman–Crippen MR) is 66.7 cm³/mol. The van der Waals surface area contributed by atoms with E-state index in [0.717, 1.165) is 11.0 Å². The molecule has 0 saturated heterocycles. The molecule has 0 saturated carbocycles. The quantitative estimate of drug-likeness (QED) is 0.379. The molecule has 1 atom stereocenters. The monoisotopic (exact) mass is 288 g/mol. The highest BCUT2D eigenvalue weighted by Gasteiger charge is 2.03. The predicted octanol–water partition coefficient (Wildman–Crippen LogP) is -0.00680. The van der Waals surface area contributed by atoms with Gasteiger partial charge in [-0.2, -0.15) is 0 Å². The molecule has 0 aromatic carbocycles. The first kappa shape index (κ1) is 8.51. The molecule has 2 heterocycles. The molecule has 0 bridgehead atoms. The van der Waals surface area contributed by atoms with Crippen LogP contribution in [0.3, 0.4) is 0 Å². The maximum Gasteiger partial charge on any atom is 0.148 e. The topological polar surface area (TPSA) is 17.8 Å². The molecule has 0 N–H and O–H groups in total. The van der Waals surface area contributed by atoms with E-state index < -0.39 is 0 Å². The third-order valence-corrected chi connectivity index (χ3v) is 2.87. The van der Waals surface area contributed by atoms with Gasteiger partial charge in [-0.3, -0.25) is 2.78 Å². The zero-order valence-corrected chi connectivity index (χ0v) is 9.89. The minimum Gasteiger partial charge on any atom is -0.274 e. The molecule has 1 unspecified atom stereocenters. The summed E-state index contributed by atoms with van der Waals surface area (Å²) in [5.74, 6) is 0. The van der Waals surface area contributed by atoms with Gasteiger partial charge < -0.3 is 0 Å². The van der Waals surface area contributed by atoms with Crippen molar-refractivity contribution in [1.82, 2.24) is 7.76 Å². The summed E-state index contributed by atoms with van der Waals surface area (Å²) in [6, 6.07) is 2.14. The first-order valence-electron chi connectivity index (χ1n) is 3.58. The lowest BCUT2D eigenvalue weighted by Gasteiger charge is -1.94. The van der Waals surface area contributed by atoms with E-state index >= 15 is 0 Å². The van der Waals surface area contributed by atoms with Crippen LogP contribution in [0.25, 0.3) is 11.0 Å². The highest BCUT2D eigenvalue weighted by molar-refractivity contribution is 14.1. The summed E-state index contributed by atoms with van der Waals surface area (Å²) in [5.41, 5.74) is 2.32. The maximum atomic E-state index is 4.34. The van der Waals surface area contributed by atoms with E-state index in [1.54, 1.807) is 0 Å². The summed E-state index contributed by atoms with van der Waals surface area (Å²) in [6.07, 6.45) is 3.95. The van der Waals surface area contributed by atoms with E-state index in [2.05, 4.69) is 57.2 Å². The van der Waals surface area contributed by atoms with Crippen molar-refractivity contribution in [3.05, 3.63) is 18.5 Å². The van der Waals surface area contributed by atoms with Crippen molar-refractivity contribution < 1.29 is 0 Å². The molecule has 60 valence electrons. The van der Waals surface area contributed by atoms with Crippen LogP contribution < -0.4 is 10.8 Å². The van der Waals surface area contributed by atoms with Crippen LogP contribution in [-0.4, -0.2) is 15.6 Å². The molecule has 5 heteroatoms. The molecular formula is C7H7BIN2P. The molecule has 0 aliphatic carbocycles. The number of pyridine rings is 1. The summed E-state index contributed by atoms with van der Waals surface area (Å²) in [5, 5.41) is 2.37. The summed E-state index contributed by atoms with van der Waals surface area (Å²) in [6.45, 7) is 0. The van der Waals surface area contributed by atoms with Gasteiger partial charge in [0.05, 0.1) is 22.9 Å². The second-order valence-corrected chi connectivity index (χ2v) is 4.47. The van der Waals surface area contributed by atoms with E-state index in [-0.39, 0.29) is 0 Å². The minimum absolute atomic E-state index is 1.04. The summed E-state index contributed by atoms with van der Waals surface area (Å²) < 4.78 is 2.02. The molecule has 0 aliphatic heterocycles. The van der Waals surface area contributed by atoms with Gasteiger partial charge in [-0.25, -0.2) is 4.98 Å². The second-order valence-electron chi connectivity index (χ2n) is 2.76. The lowest BCUT2D eigenvalue weighted by Crippen LogP contribution is -2.00. The third-order valence-electron chi connectivity index (χ3n) is 1.82. The zero-order valence-electron chi connectivity index (χ0n) is 6.58. The molecule has 0 fully saturated rings. The molecule has 2 rings (SSSR count).